The summed E-state index contributed by atoms with van der Waals surface area (Å²) in [5.41, 5.74) is 3.10. The average Bonchev–Trinajstić information content (AvgIpc) is 3.08. The zero-order valence-electron chi connectivity index (χ0n) is 9.30. The van der Waals surface area contributed by atoms with Gasteiger partial charge in [0.05, 0.1) is 23.1 Å². The molecule has 1 aromatic heterocycles. The second kappa shape index (κ2) is 4.10. The van der Waals surface area contributed by atoms with Gasteiger partial charge in [-0.3, -0.25) is 0 Å². The minimum Gasteiger partial charge on any atom is -0.356 e. The predicted molar refractivity (Wildman–Crippen MR) is 69.9 cm³/mol. The summed E-state index contributed by atoms with van der Waals surface area (Å²) in [6.45, 7) is 0. The summed E-state index contributed by atoms with van der Waals surface area (Å²) >= 11 is 0. The van der Waals surface area contributed by atoms with E-state index in [1.165, 1.54) is 12.8 Å². The molecule has 1 fully saturated rings. The van der Waals surface area contributed by atoms with Crippen LogP contribution in [0.1, 0.15) is 30.0 Å². The fraction of sp³-hybridized carbons (Fsp3) is 0.231. The van der Waals surface area contributed by atoms with Crippen LogP contribution in [-0.2, 0) is 0 Å². The van der Waals surface area contributed by atoms with E-state index in [0.717, 1.165) is 16.9 Å². The number of aliphatic hydroxyl groups excluding tert-OH is 1. The standard InChI is InChI=1S/C13H13N2OP/c16-13(17)11-8-14-15(12(11)9-6-7-9)10-4-2-1-3-5-10/h1-5,8-9,16-17H,6-7H2. The highest BCUT2D eigenvalue weighted by Crippen LogP contribution is 2.42. The van der Waals surface area contributed by atoms with Gasteiger partial charge in [0, 0.05) is 5.92 Å². The van der Waals surface area contributed by atoms with E-state index < -0.39 is 0 Å². The van der Waals surface area contributed by atoms with E-state index in [1.807, 2.05) is 35.0 Å². The largest absolute Gasteiger partial charge is 0.356 e. The lowest BCUT2D eigenvalue weighted by molar-refractivity contribution is 0.569. The summed E-state index contributed by atoms with van der Waals surface area (Å²) < 4.78 is 1.92. The summed E-state index contributed by atoms with van der Waals surface area (Å²) in [6, 6.07) is 10.0. The van der Waals surface area contributed by atoms with Crippen LogP contribution in [0, 0.1) is 0 Å². The van der Waals surface area contributed by atoms with Gasteiger partial charge in [0.25, 0.3) is 0 Å². The van der Waals surface area contributed by atoms with Crippen LogP contribution in [0.5, 0.6) is 0 Å². The summed E-state index contributed by atoms with van der Waals surface area (Å²) in [5.74, 6) is 0.520. The molecule has 1 aliphatic rings. The summed E-state index contributed by atoms with van der Waals surface area (Å²) in [7, 11) is 3.19. The Balaban J connectivity index is 2.14. The van der Waals surface area contributed by atoms with Crippen molar-refractivity contribution >= 4 is 14.3 Å². The first-order valence-corrected chi connectivity index (χ1v) is 6.18. The molecular formula is C13H13N2OP. The molecule has 0 radical (unpaired) electrons. The maximum Gasteiger partial charge on any atom is 0.101 e. The number of aliphatic hydroxyl groups is 1. The Hall–Kier alpha value is -1.44. The van der Waals surface area contributed by atoms with Crippen LogP contribution in [0.2, 0.25) is 0 Å². The first-order chi connectivity index (χ1) is 8.27. The van der Waals surface area contributed by atoms with Gasteiger partial charge in [-0.2, -0.15) is 5.10 Å². The molecule has 4 heteroatoms. The summed E-state index contributed by atoms with van der Waals surface area (Å²) in [4.78, 5) is 0. The average molecular weight is 244 g/mol. The van der Waals surface area contributed by atoms with E-state index in [-0.39, 0.29) is 5.48 Å². The molecule has 0 saturated heterocycles. The lowest BCUT2D eigenvalue weighted by Crippen LogP contribution is -2.04. The molecule has 0 aliphatic heterocycles. The third-order valence-corrected chi connectivity index (χ3v) is 3.30. The number of aromatic nitrogens is 2. The predicted octanol–water partition coefficient (Wildman–Crippen LogP) is 2.74. The highest BCUT2D eigenvalue weighted by atomic mass is 31.0. The van der Waals surface area contributed by atoms with Crippen molar-refractivity contribution in [2.24, 2.45) is 0 Å². The molecule has 86 valence electrons. The molecule has 0 atom stereocenters. The van der Waals surface area contributed by atoms with Crippen molar-refractivity contribution in [1.29, 1.82) is 0 Å². The van der Waals surface area contributed by atoms with Gasteiger partial charge in [-0.15, -0.1) is 0 Å². The van der Waals surface area contributed by atoms with Crippen LogP contribution in [0.3, 0.4) is 0 Å². The number of hydrogen-bond donors (Lipinski definition) is 1. The SMILES string of the molecule is OC(=P)c1cnn(-c2ccccc2)c1C1CC1. The fourth-order valence-corrected chi connectivity index (χ4v) is 2.26. The van der Waals surface area contributed by atoms with Crippen molar-refractivity contribution in [2.45, 2.75) is 18.8 Å². The maximum absolute atomic E-state index is 9.62. The molecular weight excluding hydrogens is 231 g/mol. The number of para-hydroxylation sites is 1. The van der Waals surface area contributed by atoms with Crippen LogP contribution in [0.15, 0.2) is 36.5 Å². The van der Waals surface area contributed by atoms with E-state index in [9.17, 15) is 5.11 Å². The Labute approximate surface area is 102 Å². The zero-order valence-corrected chi connectivity index (χ0v) is 10.3. The van der Waals surface area contributed by atoms with Crippen molar-refractivity contribution in [3.05, 3.63) is 47.8 Å². The van der Waals surface area contributed by atoms with E-state index in [2.05, 4.69) is 14.0 Å². The smallest absolute Gasteiger partial charge is 0.101 e. The Kier molecular flexibility index (Phi) is 2.58. The quantitative estimate of drug-likeness (QED) is 0.843. The monoisotopic (exact) mass is 244 g/mol. The van der Waals surface area contributed by atoms with E-state index in [4.69, 9.17) is 0 Å². The highest BCUT2D eigenvalue weighted by molar-refractivity contribution is 7.21. The number of hydrogen-bond acceptors (Lipinski definition) is 1. The summed E-state index contributed by atoms with van der Waals surface area (Å²) in [5, 5.41) is 14.0. The van der Waals surface area contributed by atoms with Crippen LogP contribution in [0.4, 0.5) is 0 Å². The van der Waals surface area contributed by atoms with Gasteiger partial charge in [0.2, 0.25) is 0 Å². The van der Waals surface area contributed by atoms with E-state index in [1.54, 1.807) is 6.20 Å². The third-order valence-electron chi connectivity index (χ3n) is 3.03. The van der Waals surface area contributed by atoms with Crippen molar-refractivity contribution in [1.82, 2.24) is 9.78 Å². The van der Waals surface area contributed by atoms with Gasteiger partial charge in [0.15, 0.2) is 0 Å². The molecule has 3 nitrogen and oxygen atoms in total. The zero-order chi connectivity index (χ0) is 11.8. The van der Waals surface area contributed by atoms with Gasteiger partial charge >= 0.3 is 0 Å². The van der Waals surface area contributed by atoms with Crippen LogP contribution < -0.4 is 0 Å². The molecule has 1 N–H and O–H groups in total. The third kappa shape index (κ3) is 1.92. The van der Waals surface area contributed by atoms with Gasteiger partial charge in [-0.05, 0) is 25.0 Å². The van der Waals surface area contributed by atoms with E-state index >= 15 is 0 Å². The Morgan fingerprint density at radius 1 is 1.29 bits per heavy atom. The van der Waals surface area contributed by atoms with Crippen molar-refractivity contribution in [2.75, 3.05) is 0 Å². The second-order valence-corrected chi connectivity index (χ2v) is 4.79. The molecule has 1 saturated carbocycles. The fourth-order valence-electron chi connectivity index (χ4n) is 2.06. The highest BCUT2D eigenvalue weighted by Gasteiger charge is 2.31. The molecule has 0 amide bonds. The Bertz CT molecular complexity index is 558. The van der Waals surface area contributed by atoms with Crippen LogP contribution in [-0.4, -0.2) is 20.4 Å². The van der Waals surface area contributed by atoms with E-state index in [0.29, 0.717) is 5.92 Å². The second-order valence-electron chi connectivity index (χ2n) is 4.31. The molecule has 2 aromatic rings. The first-order valence-electron chi connectivity index (χ1n) is 5.68. The van der Waals surface area contributed by atoms with Crippen LogP contribution >= 0.6 is 8.86 Å². The normalized spacial score (nSPS) is 14.9. The first kappa shape index (κ1) is 10.7. The number of benzene rings is 1. The number of nitrogens with zero attached hydrogens (tertiary/aromatic N) is 2. The molecule has 1 aliphatic carbocycles. The lowest BCUT2D eigenvalue weighted by Gasteiger charge is -2.08. The van der Waals surface area contributed by atoms with Crippen molar-refractivity contribution in [3.63, 3.8) is 0 Å². The minimum absolute atomic E-state index is 0.161. The molecule has 3 rings (SSSR count). The van der Waals surface area contributed by atoms with Crippen LogP contribution in [0.25, 0.3) is 5.69 Å². The number of rotatable bonds is 3. The Morgan fingerprint density at radius 2 is 2.00 bits per heavy atom. The van der Waals surface area contributed by atoms with Gasteiger partial charge in [0.1, 0.15) is 5.48 Å². The molecule has 1 aromatic carbocycles. The molecule has 1 heterocycles. The maximum atomic E-state index is 9.62. The van der Waals surface area contributed by atoms with Crippen molar-refractivity contribution < 1.29 is 5.11 Å². The molecule has 0 unspecified atom stereocenters. The molecule has 17 heavy (non-hydrogen) atoms. The van der Waals surface area contributed by atoms with Crippen molar-refractivity contribution in [3.8, 4) is 5.69 Å². The van der Waals surface area contributed by atoms with Gasteiger partial charge in [-0.1, -0.05) is 27.1 Å². The lowest BCUT2D eigenvalue weighted by atomic mass is 10.2. The Morgan fingerprint density at radius 3 is 2.59 bits per heavy atom. The molecule has 0 bridgehead atoms. The van der Waals surface area contributed by atoms with Gasteiger partial charge < -0.3 is 5.11 Å². The molecule has 0 spiro atoms. The minimum atomic E-state index is 0.161. The summed E-state index contributed by atoms with van der Waals surface area (Å²) in [6.07, 6.45) is 4.05. The van der Waals surface area contributed by atoms with Gasteiger partial charge in [-0.25, -0.2) is 4.68 Å². The topological polar surface area (TPSA) is 38.1 Å².